The van der Waals surface area contributed by atoms with Crippen molar-refractivity contribution in [1.82, 2.24) is 15.1 Å². The van der Waals surface area contributed by atoms with Crippen molar-refractivity contribution in [3.05, 3.63) is 48.3 Å². The minimum absolute atomic E-state index is 0.340. The molecule has 0 aliphatic rings. The van der Waals surface area contributed by atoms with Crippen molar-refractivity contribution in [1.29, 1.82) is 0 Å². The van der Waals surface area contributed by atoms with Crippen molar-refractivity contribution in [2.45, 2.75) is 26.3 Å². The normalized spacial score (nSPS) is 12.9. The minimum atomic E-state index is 0.340. The smallest absolute Gasteiger partial charge is 0.0649 e. The number of para-hydroxylation sites is 1. The summed E-state index contributed by atoms with van der Waals surface area (Å²) in [5.41, 5.74) is 2.33. The summed E-state index contributed by atoms with van der Waals surface area (Å²) in [5, 5.41) is 7.82. The Bertz CT molecular complexity index is 473. The third-order valence-electron chi connectivity index (χ3n) is 3.09. The number of nitrogens with one attached hydrogen (secondary N) is 1. The van der Waals surface area contributed by atoms with Crippen molar-refractivity contribution in [3.8, 4) is 5.69 Å². The molecule has 18 heavy (non-hydrogen) atoms. The Morgan fingerprint density at radius 3 is 2.50 bits per heavy atom. The molecule has 0 amide bonds. The molecular formula is C15H21N3. The summed E-state index contributed by atoms with van der Waals surface area (Å²) in [6.45, 7) is 4.49. The van der Waals surface area contributed by atoms with Crippen LogP contribution in [-0.4, -0.2) is 16.8 Å². The van der Waals surface area contributed by atoms with Gasteiger partial charge in [-0.05, 0) is 37.6 Å². The first-order valence-electron chi connectivity index (χ1n) is 6.49. The molecule has 1 heterocycles. The molecule has 0 saturated carbocycles. The number of hydrogen-bond donors (Lipinski definition) is 1. The summed E-state index contributed by atoms with van der Waals surface area (Å²) in [6, 6.07) is 12.7. The molecule has 2 aromatic rings. The van der Waals surface area contributed by atoms with Crippen LogP contribution in [0.25, 0.3) is 5.69 Å². The third kappa shape index (κ3) is 2.79. The molecule has 3 heteroatoms. The van der Waals surface area contributed by atoms with E-state index in [1.807, 2.05) is 36.1 Å². The zero-order valence-electron chi connectivity index (χ0n) is 11.3. The second-order valence-corrected chi connectivity index (χ2v) is 4.97. The molecule has 1 N–H and O–H groups in total. The summed E-state index contributed by atoms with van der Waals surface area (Å²) < 4.78 is 2.02. The number of rotatable bonds is 5. The highest BCUT2D eigenvalue weighted by molar-refractivity contribution is 5.33. The fourth-order valence-corrected chi connectivity index (χ4v) is 2.22. The number of nitrogens with zero attached hydrogens (tertiary/aromatic N) is 2. The van der Waals surface area contributed by atoms with Gasteiger partial charge in [0.15, 0.2) is 0 Å². The second kappa shape index (κ2) is 5.83. The predicted octanol–water partition coefficient (Wildman–Crippen LogP) is 3.18. The quantitative estimate of drug-likeness (QED) is 0.874. The lowest BCUT2D eigenvalue weighted by Gasteiger charge is -2.19. The Labute approximate surface area is 109 Å². The van der Waals surface area contributed by atoms with Gasteiger partial charge in [0.05, 0.1) is 11.4 Å². The summed E-state index contributed by atoms with van der Waals surface area (Å²) >= 11 is 0. The molecule has 0 fully saturated rings. The molecule has 0 aliphatic carbocycles. The Morgan fingerprint density at radius 2 is 1.89 bits per heavy atom. The molecule has 96 valence electrons. The zero-order chi connectivity index (χ0) is 13.0. The average Bonchev–Trinajstić information content (AvgIpc) is 2.86. The highest BCUT2D eigenvalue weighted by Gasteiger charge is 2.16. The first kappa shape index (κ1) is 12.8. The van der Waals surface area contributed by atoms with Crippen molar-refractivity contribution in [2.75, 3.05) is 7.05 Å². The topological polar surface area (TPSA) is 29.9 Å². The van der Waals surface area contributed by atoms with Crippen molar-refractivity contribution < 1.29 is 0 Å². The van der Waals surface area contributed by atoms with Crippen molar-refractivity contribution >= 4 is 0 Å². The molecule has 0 radical (unpaired) electrons. The summed E-state index contributed by atoms with van der Waals surface area (Å²) in [7, 11) is 2.01. The van der Waals surface area contributed by atoms with Crippen LogP contribution >= 0.6 is 0 Å². The fraction of sp³-hybridized carbons (Fsp3) is 0.400. The van der Waals surface area contributed by atoms with Crippen LogP contribution in [0, 0.1) is 5.92 Å². The minimum Gasteiger partial charge on any atom is -0.312 e. The highest BCUT2D eigenvalue weighted by Crippen LogP contribution is 2.22. The zero-order valence-corrected chi connectivity index (χ0v) is 11.3. The van der Waals surface area contributed by atoms with E-state index in [9.17, 15) is 0 Å². The van der Waals surface area contributed by atoms with Crippen LogP contribution in [0.4, 0.5) is 0 Å². The van der Waals surface area contributed by atoms with Gasteiger partial charge in [-0.3, -0.25) is 0 Å². The predicted molar refractivity (Wildman–Crippen MR) is 74.8 cm³/mol. The average molecular weight is 243 g/mol. The molecule has 2 rings (SSSR count). The Kier molecular flexibility index (Phi) is 4.15. The SMILES string of the molecule is CNC(CC(C)C)c1ccnn1-c1ccccc1. The van der Waals surface area contributed by atoms with Gasteiger partial charge in [0.25, 0.3) is 0 Å². The maximum Gasteiger partial charge on any atom is 0.0649 e. The molecule has 1 unspecified atom stereocenters. The van der Waals surface area contributed by atoms with Crippen LogP contribution in [0.5, 0.6) is 0 Å². The van der Waals surface area contributed by atoms with Crippen molar-refractivity contribution in [2.24, 2.45) is 5.92 Å². The first-order chi connectivity index (χ1) is 8.72. The molecule has 0 spiro atoms. The molecule has 0 bridgehead atoms. The van der Waals surface area contributed by atoms with Gasteiger partial charge in [-0.25, -0.2) is 4.68 Å². The number of hydrogen-bond acceptors (Lipinski definition) is 2. The monoisotopic (exact) mass is 243 g/mol. The van der Waals surface area contributed by atoms with Gasteiger partial charge in [0, 0.05) is 12.2 Å². The standard InChI is InChI=1S/C15H21N3/c1-12(2)11-14(16-3)15-9-10-17-18(15)13-7-5-4-6-8-13/h4-10,12,14,16H,11H2,1-3H3. The van der Waals surface area contributed by atoms with Crippen LogP contribution in [0.15, 0.2) is 42.6 Å². The van der Waals surface area contributed by atoms with E-state index in [1.165, 1.54) is 5.69 Å². The Morgan fingerprint density at radius 1 is 1.17 bits per heavy atom. The largest absolute Gasteiger partial charge is 0.312 e. The number of benzene rings is 1. The van der Waals surface area contributed by atoms with Gasteiger partial charge >= 0.3 is 0 Å². The summed E-state index contributed by atoms with van der Waals surface area (Å²) in [6.07, 6.45) is 2.97. The highest BCUT2D eigenvalue weighted by atomic mass is 15.3. The van der Waals surface area contributed by atoms with Gasteiger partial charge in [-0.2, -0.15) is 5.10 Å². The van der Waals surface area contributed by atoms with Crippen molar-refractivity contribution in [3.63, 3.8) is 0 Å². The van der Waals surface area contributed by atoms with Crippen LogP contribution < -0.4 is 5.32 Å². The molecule has 0 saturated heterocycles. The lowest BCUT2D eigenvalue weighted by molar-refractivity contribution is 0.441. The molecule has 3 nitrogen and oxygen atoms in total. The summed E-state index contributed by atoms with van der Waals surface area (Å²) in [4.78, 5) is 0. The third-order valence-corrected chi connectivity index (χ3v) is 3.09. The summed E-state index contributed by atoms with van der Waals surface area (Å²) in [5.74, 6) is 0.654. The van der Waals surface area contributed by atoms with Gasteiger partial charge in [-0.15, -0.1) is 0 Å². The Balaban J connectivity index is 2.32. The Hall–Kier alpha value is -1.61. The van der Waals surface area contributed by atoms with E-state index < -0.39 is 0 Å². The van der Waals surface area contributed by atoms with Crippen LogP contribution in [-0.2, 0) is 0 Å². The van der Waals surface area contributed by atoms with E-state index >= 15 is 0 Å². The van der Waals surface area contributed by atoms with E-state index in [-0.39, 0.29) is 0 Å². The van der Waals surface area contributed by atoms with Crippen LogP contribution in [0.2, 0.25) is 0 Å². The van der Waals surface area contributed by atoms with E-state index in [1.54, 1.807) is 0 Å². The van der Waals surface area contributed by atoms with Gasteiger partial charge in [-0.1, -0.05) is 32.0 Å². The maximum absolute atomic E-state index is 4.44. The second-order valence-electron chi connectivity index (χ2n) is 4.97. The molecule has 1 atom stereocenters. The first-order valence-corrected chi connectivity index (χ1v) is 6.49. The lowest BCUT2D eigenvalue weighted by Crippen LogP contribution is -2.21. The molecule has 1 aromatic carbocycles. The van der Waals surface area contributed by atoms with Crippen LogP contribution in [0.3, 0.4) is 0 Å². The molecular weight excluding hydrogens is 222 g/mol. The number of aromatic nitrogens is 2. The fourth-order valence-electron chi connectivity index (χ4n) is 2.22. The van der Waals surface area contributed by atoms with Gasteiger partial charge in [0.2, 0.25) is 0 Å². The van der Waals surface area contributed by atoms with E-state index in [4.69, 9.17) is 0 Å². The molecule has 0 aliphatic heterocycles. The van der Waals surface area contributed by atoms with E-state index in [0.717, 1.165) is 12.1 Å². The molecule has 1 aromatic heterocycles. The van der Waals surface area contributed by atoms with Gasteiger partial charge in [0.1, 0.15) is 0 Å². The van der Waals surface area contributed by atoms with E-state index in [0.29, 0.717) is 12.0 Å². The van der Waals surface area contributed by atoms with E-state index in [2.05, 4.69) is 42.5 Å². The lowest BCUT2D eigenvalue weighted by atomic mass is 10.0. The van der Waals surface area contributed by atoms with Gasteiger partial charge < -0.3 is 5.32 Å². The van der Waals surface area contributed by atoms with Crippen LogP contribution in [0.1, 0.15) is 32.0 Å². The maximum atomic E-state index is 4.44.